The molecule has 0 atom stereocenters. The molecule has 9 aromatic rings. The van der Waals surface area contributed by atoms with Crippen LogP contribution < -0.4 is 4.90 Å². The molecule has 0 amide bonds. The number of benzene rings is 6. The SMILES string of the molecule is C(=C\c1cnccn1)/c1ccc(-c2ccc(N(c3ccc(-c4ccc(/C=C/c5cnccn5)cc4)cc3)c3ccc(-c4ccc(/C=C/c5cnccn5)cc4)cc3)cc2)cc1. The van der Waals surface area contributed by atoms with Gasteiger partial charge in [-0.1, -0.05) is 127 Å². The van der Waals surface area contributed by atoms with Crippen LogP contribution in [0.5, 0.6) is 0 Å². The summed E-state index contributed by atoms with van der Waals surface area (Å²) < 4.78 is 0. The molecular weight excluding hydrogens is 747 g/mol. The van der Waals surface area contributed by atoms with E-state index < -0.39 is 0 Å². The molecule has 0 saturated heterocycles. The molecule has 0 fully saturated rings. The monoisotopic (exact) mass is 785 g/mol. The van der Waals surface area contributed by atoms with E-state index in [-0.39, 0.29) is 0 Å². The summed E-state index contributed by atoms with van der Waals surface area (Å²) in [5, 5.41) is 0. The average Bonchev–Trinajstić information content (AvgIpc) is 3.34. The van der Waals surface area contributed by atoms with Crippen LogP contribution in [0.1, 0.15) is 33.8 Å². The lowest BCUT2D eigenvalue weighted by atomic mass is 10.0. The van der Waals surface area contributed by atoms with E-state index in [0.29, 0.717) is 0 Å². The number of aromatic nitrogens is 6. The Morgan fingerprint density at radius 1 is 0.262 bits per heavy atom. The molecule has 0 aliphatic rings. The summed E-state index contributed by atoms with van der Waals surface area (Å²) in [5.41, 5.74) is 15.8. The molecule has 0 aliphatic heterocycles. The second-order valence-corrected chi connectivity index (χ2v) is 14.2. The van der Waals surface area contributed by atoms with Gasteiger partial charge in [0.1, 0.15) is 0 Å². The minimum absolute atomic E-state index is 0.826. The van der Waals surface area contributed by atoms with E-state index in [1.54, 1.807) is 55.8 Å². The van der Waals surface area contributed by atoms with Gasteiger partial charge in [-0.3, -0.25) is 29.9 Å². The van der Waals surface area contributed by atoms with Gasteiger partial charge < -0.3 is 4.90 Å². The van der Waals surface area contributed by atoms with E-state index in [1.165, 1.54) is 0 Å². The Kier molecular flexibility index (Phi) is 11.5. The van der Waals surface area contributed by atoms with Crippen LogP contribution in [0.3, 0.4) is 0 Å². The number of hydrogen-bond acceptors (Lipinski definition) is 7. The Morgan fingerprint density at radius 3 is 0.738 bits per heavy atom. The van der Waals surface area contributed by atoms with Crippen LogP contribution in [0, 0.1) is 0 Å². The lowest BCUT2D eigenvalue weighted by Crippen LogP contribution is -2.09. The third-order valence-corrected chi connectivity index (χ3v) is 10.2. The molecule has 3 aromatic heterocycles. The summed E-state index contributed by atoms with van der Waals surface area (Å²) in [6.07, 6.45) is 27.5. The third-order valence-electron chi connectivity index (χ3n) is 10.2. The summed E-state index contributed by atoms with van der Waals surface area (Å²) in [6, 6.07) is 52.0. The zero-order chi connectivity index (χ0) is 41.1. The smallest absolute Gasteiger partial charge is 0.0813 e. The highest BCUT2D eigenvalue weighted by molar-refractivity contribution is 5.82. The molecule has 7 nitrogen and oxygen atoms in total. The molecule has 3 heterocycles. The quantitative estimate of drug-likeness (QED) is 0.122. The van der Waals surface area contributed by atoms with Gasteiger partial charge in [-0.25, -0.2) is 0 Å². The van der Waals surface area contributed by atoms with Crippen molar-refractivity contribution < 1.29 is 0 Å². The normalized spacial score (nSPS) is 11.4. The van der Waals surface area contributed by atoms with Crippen LogP contribution in [0.4, 0.5) is 17.1 Å². The maximum atomic E-state index is 4.33. The van der Waals surface area contributed by atoms with Crippen molar-refractivity contribution in [1.29, 1.82) is 0 Å². The van der Waals surface area contributed by atoms with E-state index >= 15 is 0 Å². The molecule has 61 heavy (non-hydrogen) atoms. The predicted molar refractivity (Wildman–Crippen MR) is 250 cm³/mol. The highest BCUT2D eigenvalue weighted by atomic mass is 15.1. The first-order valence-corrected chi connectivity index (χ1v) is 19.9. The molecule has 0 spiro atoms. The van der Waals surface area contributed by atoms with Crippen molar-refractivity contribution >= 4 is 53.5 Å². The van der Waals surface area contributed by atoms with Gasteiger partial charge in [-0.15, -0.1) is 0 Å². The van der Waals surface area contributed by atoms with E-state index in [4.69, 9.17) is 0 Å². The zero-order valence-corrected chi connectivity index (χ0v) is 33.1. The van der Waals surface area contributed by atoms with Crippen LogP contribution in [-0.2, 0) is 0 Å². The van der Waals surface area contributed by atoms with E-state index in [9.17, 15) is 0 Å². The molecule has 0 bridgehead atoms. The molecular formula is C54H39N7. The molecule has 0 unspecified atom stereocenters. The van der Waals surface area contributed by atoms with Crippen molar-refractivity contribution in [2.75, 3.05) is 4.90 Å². The maximum absolute atomic E-state index is 4.33. The summed E-state index contributed by atoms with van der Waals surface area (Å²) in [5.74, 6) is 0. The largest absolute Gasteiger partial charge is 0.311 e. The van der Waals surface area contributed by atoms with Gasteiger partial charge in [0.25, 0.3) is 0 Å². The average molecular weight is 786 g/mol. The Balaban J connectivity index is 0.967. The molecule has 0 N–H and O–H groups in total. The van der Waals surface area contributed by atoms with Crippen molar-refractivity contribution in [2.24, 2.45) is 0 Å². The van der Waals surface area contributed by atoms with Crippen molar-refractivity contribution in [3.63, 3.8) is 0 Å². The summed E-state index contributed by atoms with van der Waals surface area (Å²) in [7, 11) is 0. The molecule has 9 rings (SSSR count). The number of anilines is 3. The van der Waals surface area contributed by atoms with Crippen LogP contribution in [0.15, 0.2) is 201 Å². The summed E-state index contributed by atoms with van der Waals surface area (Å²) in [4.78, 5) is 27.7. The van der Waals surface area contributed by atoms with Crippen molar-refractivity contribution in [2.45, 2.75) is 0 Å². The zero-order valence-electron chi connectivity index (χ0n) is 33.1. The maximum Gasteiger partial charge on any atom is 0.0813 e. The lowest BCUT2D eigenvalue weighted by molar-refractivity contribution is 1.18. The fourth-order valence-corrected chi connectivity index (χ4v) is 6.95. The van der Waals surface area contributed by atoms with E-state index in [2.05, 4.69) is 199 Å². The molecule has 7 heteroatoms. The first-order chi connectivity index (χ1) is 30.2. The minimum atomic E-state index is 0.826. The van der Waals surface area contributed by atoms with Crippen LogP contribution in [0.2, 0.25) is 0 Å². The Morgan fingerprint density at radius 2 is 0.508 bits per heavy atom. The van der Waals surface area contributed by atoms with Crippen LogP contribution in [0.25, 0.3) is 69.8 Å². The van der Waals surface area contributed by atoms with Crippen LogP contribution in [-0.4, -0.2) is 29.9 Å². The highest BCUT2D eigenvalue weighted by Gasteiger charge is 2.14. The molecule has 0 saturated carbocycles. The van der Waals surface area contributed by atoms with E-state index in [1.807, 2.05) is 18.2 Å². The Labute approximate surface area is 355 Å². The van der Waals surface area contributed by atoms with Crippen molar-refractivity contribution in [1.82, 2.24) is 29.9 Å². The predicted octanol–water partition coefficient (Wildman–Crippen LogP) is 13.0. The van der Waals surface area contributed by atoms with Gasteiger partial charge in [0.2, 0.25) is 0 Å². The highest BCUT2D eigenvalue weighted by Crippen LogP contribution is 2.38. The van der Waals surface area contributed by atoms with Crippen molar-refractivity contribution in [3.05, 3.63) is 235 Å². The first-order valence-electron chi connectivity index (χ1n) is 19.9. The molecule has 6 aromatic carbocycles. The van der Waals surface area contributed by atoms with Gasteiger partial charge >= 0.3 is 0 Å². The van der Waals surface area contributed by atoms with Gasteiger partial charge in [-0.2, -0.15) is 0 Å². The fraction of sp³-hybridized carbons (Fsp3) is 0. The second-order valence-electron chi connectivity index (χ2n) is 14.2. The van der Waals surface area contributed by atoms with Crippen LogP contribution >= 0.6 is 0 Å². The molecule has 0 aliphatic carbocycles. The van der Waals surface area contributed by atoms with Gasteiger partial charge in [0, 0.05) is 54.2 Å². The number of nitrogens with zero attached hydrogens (tertiary/aromatic N) is 7. The van der Waals surface area contributed by atoms with Gasteiger partial charge in [0.15, 0.2) is 0 Å². The molecule has 0 radical (unpaired) electrons. The second kappa shape index (κ2) is 18.4. The Bertz CT molecular complexity index is 2550. The first kappa shape index (κ1) is 38.1. The third kappa shape index (κ3) is 9.66. The minimum Gasteiger partial charge on any atom is -0.311 e. The van der Waals surface area contributed by atoms with E-state index in [0.717, 1.165) is 84.2 Å². The fourth-order valence-electron chi connectivity index (χ4n) is 6.95. The van der Waals surface area contributed by atoms with Crippen molar-refractivity contribution in [3.8, 4) is 33.4 Å². The summed E-state index contributed by atoms with van der Waals surface area (Å²) >= 11 is 0. The Hall–Kier alpha value is -8.42. The summed E-state index contributed by atoms with van der Waals surface area (Å²) in [6.45, 7) is 0. The number of hydrogen-bond donors (Lipinski definition) is 0. The number of rotatable bonds is 12. The van der Waals surface area contributed by atoms with Gasteiger partial charge in [-0.05, 0) is 105 Å². The van der Waals surface area contributed by atoms with Gasteiger partial charge in [0.05, 0.1) is 35.7 Å². The lowest BCUT2D eigenvalue weighted by Gasteiger charge is -2.26. The topological polar surface area (TPSA) is 80.6 Å². The molecule has 290 valence electrons. The standard InChI is InChI=1S/C54H39N7/c1-10-43(11-2-40(1)7-22-49-37-55-31-34-58-49)46-16-25-52(26-17-46)61(53-27-18-47(19-28-53)44-12-3-41(4-13-44)8-23-50-38-56-32-35-59-50)54-29-20-48(21-30-54)45-14-5-42(6-15-45)9-24-51-39-57-33-36-60-51/h1-39H/b22-7+,23-8+,24-9+.